The fraction of sp³-hybridized carbons (Fsp3) is 0.643. The second-order valence-electron chi connectivity index (χ2n) is 5.56. The van der Waals surface area contributed by atoms with Crippen LogP contribution in [0.5, 0.6) is 0 Å². The molecule has 1 aliphatic carbocycles. The lowest BCUT2D eigenvalue weighted by Crippen LogP contribution is -2.54. The molecule has 4 N–H and O–H groups in total. The molecule has 1 fully saturated rings. The maximum absolute atomic E-state index is 11.5. The third-order valence-electron chi connectivity index (χ3n) is 3.99. The summed E-state index contributed by atoms with van der Waals surface area (Å²) in [4.78, 5) is 20.3. The zero-order valence-corrected chi connectivity index (χ0v) is 12.9. The Hall–Kier alpha value is -1.14. The molecule has 5 nitrogen and oxygen atoms in total. The minimum Gasteiger partial charge on any atom is -0.368 e. The van der Waals surface area contributed by atoms with Crippen molar-refractivity contribution in [3.05, 3.63) is 17.5 Å². The Labute approximate surface area is 123 Å². The van der Waals surface area contributed by atoms with Gasteiger partial charge in [0.15, 0.2) is 5.16 Å². The van der Waals surface area contributed by atoms with E-state index < -0.39 is 5.54 Å². The summed E-state index contributed by atoms with van der Waals surface area (Å²) in [5.74, 6) is 0.672. The second-order valence-corrected chi connectivity index (χ2v) is 6.63. The normalized spacial score (nSPS) is 25.9. The van der Waals surface area contributed by atoms with Crippen molar-refractivity contribution >= 4 is 17.7 Å². The van der Waals surface area contributed by atoms with Gasteiger partial charge in [-0.25, -0.2) is 9.97 Å². The molecular weight excluding hydrogens is 272 g/mol. The SMILES string of the molecule is Cc1cc(C)nc(SCCC2CCCC2(N)C(N)=O)n1. The minimum atomic E-state index is -0.816. The van der Waals surface area contributed by atoms with Crippen LogP contribution in [-0.4, -0.2) is 27.2 Å². The lowest BCUT2D eigenvalue weighted by Gasteiger charge is -2.27. The highest BCUT2D eigenvalue weighted by Gasteiger charge is 2.43. The maximum atomic E-state index is 11.5. The molecule has 0 aromatic carbocycles. The van der Waals surface area contributed by atoms with E-state index in [1.165, 1.54) is 0 Å². The largest absolute Gasteiger partial charge is 0.368 e. The molecule has 110 valence electrons. The van der Waals surface area contributed by atoms with Crippen molar-refractivity contribution in [1.82, 2.24) is 9.97 Å². The number of amides is 1. The molecule has 1 aliphatic rings. The van der Waals surface area contributed by atoms with Crippen LogP contribution in [0.4, 0.5) is 0 Å². The highest BCUT2D eigenvalue weighted by Crippen LogP contribution is 2.37. The van der Waals surface area contributed by atoms with Crippen molar-refractivity contribution in [1.29, 1.82) is 0 Å². The van der Waals surface area contributed by atoms with Crippen molar-refractivity contribution < 1.29 is 4.79 Å². The fourth-order valence-corrected chi connectivity index (χ4v) is 3.88. The molecule has 0 saturated heterocycles. The summed E-state index contributed by atoms with van der Waals surface area (Å²) in [5.41, 5.74) is 12.7. The molecular formula is C14H22N4OS. The number of hydrogen-bond donors (Lipinski definition) is 2. The van der Waals surface area contributed by atoms with Gasteiger partial charge in [-0.2, -0.15) is 0 Å². The Kier molecular flexibility index (Phi) is 4.65. The Bertz CT molecular complexity index is 488. The molecule has 2 rings (SSSR count). The second kappa shape index (κ2) is 6.10. The first-order valence-corrected chi connectivity index (χ1v) is 7.94. The van der Waals surface area contributed by atoms with E-state index in [2.05, 4.69) is 9.97 Å². The number of carbonyl (C=O) groups is 1. The van der Waals surface area contributed by atoms with Crippen LogP contribution in [0.3, 0.4) is 0 Å². The number of aromatic nitrogens is 2. The predicted octanol–water partition coefficient (Wildman–Crippen LogP) is 1.56. The minimum absolute atomic E-state index is 0.179. The van der Waals surface area contributed by atoms with E-state index in [1.54, 1.807) is 11.8 Å². The summed E-state index contributed by atoms with van der Waals surface area (Å²) in [6, 6.07) is 1.96. The number of nitrogens with zero attached hydrogens (tertiary/aromatic N) is 2. The van der Waals surface area contributed by atoms with Gasteiger partial charge in [0.2, 0.25) is 5.91 Å². The molecule has 2 unspecified atom stereocenters. The Morgan fingerprint density at radius 3 is 2.70 bits per heavy atom. The van der Waals surface area contributed by atoms with Crippen LogP contribution in [0, 0.1) is 19.8 Å². The number of aryl methyl sites for hydroxylation is 2. The van der Waals surface area contributed by atoms with Crippen LogP contribution in [-0.2, 0) is 4.79 Å². The zero-order chi connectivity index (χ0) is 14.8. The van der Waals surface area contributed by atoms with Gasteiger partial charge in [-0.05, 0) is 45.1 Å². The van der Waals surface area contributed by atoms with E-state index in [1.807, 2.05) is 19.9 Å². The first kappa shape index (κ1) is 15.3. The van der Waals surface area contributed by atoms with Crippen molar-refractivity contribution in [2.24, 2.45) is 17.4 Å². The molecule has 20 heavy (non-hydrogen) atoms. The highest BCUT2D eigenvalue weighted by molar-refractivity contribution is 7.99. The molecule has 0 aliphatic heterocycles. The predicted molar refractivity (Wildman–Crippen MR) is 80.3 cm³/mol. The van der Waals surface area contributed by atoms with E-state index in [4.69, 9.17) is 11.5 Å². The van der Waals surface area contributed by atoms with Crippen LogP contribution in [0.15, 0.2) is 11.2 Å². The molecule has 1 amide bonds. The summed E-state index contributed by atoms with van der Waals surface area (Å²) in [7, 11) is 0. The number of primary amides is 1. The molecule has 2 atom stereocenters. The van der Waals surface area contributed by atoms with Crippen molar-refractivity contribution in [2.75, 3.05) is 5.75 Å². The van der Waals surface area contributed by atoms with Crippen LogP contribution in [0.1, 0.15) is 37.1 Å². The van der Waals surface area contributed by atoms with E-state index in [-0.39, 0.29) is 11.8 Å². The standard InChI is InChI=1S/C14H22N4OS/c1-9-8-10(2)18-13(17-9)20-7-5-11-4-3-6-14(11,16)12(15)19/h8,11H,3-7,16H2,1-2H3,(H2,15,19). The molecule has 1 aromatic heterocycles. The molecule has 6 heteroatoms. The van der Waals surface area contributed by atoms with Gasteiger partial charge in [-0.15, -0.1) is 0 Å². The Balaban J connectivity index is 1.91. The quantitative estimate of drug-likeness (QED) is 0.634. The van der Waals surface area contributed by atoms with Crippen LogP contribution >= 0.6 is 11.8 Å². The summed E-state index contributed by atoms with van der Waals surface area (Å²) < 4.78 is 0. The summed E-state index contributed by atoms with van der Waals surface area (Å²) in [5, 5.41) is 0.794. The van der Waals surface area contributed by atoms with E-state index in [0.29, 0.717) is 6.42 Å². The average Bonchev–Trinajstić information content (AvgIpc) is 2.71. The number of rotatable bonds is 5. The van der Waals surface area contributed by atoms with Crippen molar-refractivity contribution in [3.63, 3.8) is 0 Å². The topological polar surface area (TPSA) is 94.9 Å². The van der Waals surface area contributed by atoms with Gasteiger partial charge < -0.3 is 11.5 Å². The van der Waals surface area contributed by atoms with Crippen LogP contribution in [0.2, 0.25) is 0 Å². The van der Waals surface area contributed by atoms with Gasteiger partial charge >= 0.3 is 0 Å². The first-order valence-electron chi connectivity index (χ1n) is 6.95. The van der Waals surface area contributed by atoms with Gasteiger partial charge in [0.05, 0.1) is 5.54 Å². The number of hydrogen-bond acceptors (Lipinski definition) is 5. The third-order valence-corrected chi connectivity index (χ3v) is 4.87. The summed E-state index contributed by atoms with van der Waals surface area (Å²) in [6.45, 7) is 3.93. The molecule has 0 spiro atoms. The lowest BCUT2D eigenvalue weighted by molar-refractivity contribution is -0.124. The zero-order valence-electron chi connectivity index (χ0n) is 12.1. The van der Waals surface area contributed by atoms with Crippen LogP contribution in [0.25, 0.3) is 0 Å². The molecule has 1 saturated carbocycles. The molecule has 0 radical (unpaired) electrons. The van der Waals surface area contributed by atoms with Gasteiger partial charge in [0, 0.05) is 17.1 Å². The van der Waals surface area contributed by atoms with E-state index in [9.17, 15) is 4.79 Å². The smallest absolute Gasteiger partial charge is 0.237 e. The Morgan fingerprint density at radius 1 is 1.45 bits per heavy atom. The average molecular weight is 294 g/mol. The molecule has 0 bridgehead atoms. The fourth-order valence-electron chi connectivity index (χ4n) is 2.88. The Morgan fingerprint density at radius 2 is 2.10 bits per heavy atom. The number of thioether (sulfide) groups is 1. The highest BCUT2D eigenvalue weighted by atomic mass is 32.2. The summed E-state index contributed by atoms with van der Waals surface area (Å²) >= 11 is 1.62. The van der Waals surface area contributed by atoms with Gasteiger partial charge in [-0.1, -0.05) is 18.2 Å². The van der Waals surface area contributed by atoms with Gasteiger partial charge in [0.1, 0.15) is 0 Å². The van der Waals surface area contributed by atoms with Gasteiger partial charge in [-0.3, -0.25) is 4.79 Å². The van der Waals surface area contributed by atoms with E-state index in [0.717, 1.165) is 41.6 Å². The molecule has 1 aromatic rings. The van der Waals surface area contributed by atoms with Crippen LogP contribution < -0.4 is 11.5 Å². The molecule has 1 heterocycles. The first-order chi connectivity index (χ1) is 9.41. The van der Waals surface area contributed by atoms with Crippen molar-refractivity contribution in [3.8, 4) is 0 Å². The van der Waals surface area contributed by atoms with Crippen molar-refractivity contribution in [2.45, 2.75) is 50.2 Å². The lowest BCUT2D eigenvalue weighted by atomic mass is 9.85. The summed E-state index contributed by atoms with van der Waals surface area (Å²) in [6.07, 6.45) is 3.54. The van der Waals surface area contributed by atoms with E-state index >= 15 is 0 Å². The number of nitrogens with two attached hydrogens (primary N) is 2. The third kappa shape index (κ3) is 3.30. The maximum Gasteiger partial charge on any atom is 0.237 e. The number of carbonyl (C=O) groups excluding carboxylic acids is 1. The van der Waals surface area contributed by atoms with Gasteiger partial charge in [0.25, 0.3) is 0 Å². The monoisotopic (exact) mass is 294 g/mol.